The van der Waals surface area contributed by atoms with Crippen LogP contribution in [0.2, 0.25) is 0 Å². The van der Waals surface area contributed by atoms with E-state index in [1.807, 2.05) is 0 Å². The molecule has 0 saturated carbocycles. The molecule has 2 N–H and O–H groups in total. The van der Waals surface area contributed by atoms with E-state index >= 15 is 0 Å². The molecule has 1 heterocycles. The molecule has 0 bridgehead atoms. The third kappa shape index (κ3) is 2.35. The molecule has 1 aromatic heterocycles. The molecule has 0 aliphatic rings. The fourth-order valence-corrected chi connectivity index (χ4v) is 0.829. The van der Waals surface area contributed by atoms with Crippen molar-refractivity contribution < 1.29 is 15.0 Å². The van der Waals surface area contributed by atoms with Gasteiger partial charge in [-0.1, -0.05) is 0 Å². The zero-order valence-corrected chi connectivity index (χ0v) is 7.21. The number of rotatable bonds is 3. The van der Waals surface area contributed by atoms with Crippen LogP contribution in [-0.2, 0) is 0 Å². The number of imidazole rings is 1. The molecule has 66 valence electrons. The number of aliphatic hydroxyl groups is 1. The van der Waals surface area contributed by atoms with Gasteiger partial charge in [-0.05, 0) is 0 Å². The second-order valence-corrected chi connectivity index (χ2v) is 2.57. The minimum absolute atomic E-state index is 0.152. The molecule has 8 heteroatoms. The standard InChI is InChI=1S/C6H5B3N2O3/c7-4(2-12)9-6-10-3(5(13)14)1-11(6)8/h1,12H,2H2,(H,13,14). The number of carboxylic acids is 1. The first-order chi connectivity index (χ1) is 6.54. The molecule has 0 amide bonds. The summed E-state index contributed by atoms with van der Waals surface area (Å²) in [6.45, 7) is 0.960. The van der Waals surface area contributed by atoms with Gasteiger partial charge in [0.25, 0.3) is 0 Å². The monoisotopic (exact) mass is 186 g/mol. The Kier molecular flexibility index (Phi) is 3.30. The van der Waals surface area contributed by atoms with Crippen molar-refractivity contribution in [2.45, 2.75) is 0 Å². The number of aromatic carboxylic acids is 1. The van der Waals surface area contributed by atoms with E-state index in [0.29, 0.717) is 0 Å². The fourth-order valence-electron chi connectivity index (χ4n) is 0.829. The van der Waals surface area contributed by atoms with E-state index in [0.717, 1.165) is 10.7 Å². The summed E-state index contributed by atoms with van der Waals surface area (Å²) in [5.74, 6) is -1.17. The van der Waals surface area contributed by atoms with Crippen LogP contribution in [0.5, 0.6) is 0 Å². The molecule has 1 rings (SSSR count). The normalized spacial score (nSPS) is 11.1. The molecule has 0 aromatic carbocycles. The van der Waals surface area contributed by atoms with Crippen LogP contribution in [-0.4, -0.2) is 60.4 Å². The summed E-state index contributed by atoms with van der Waals surface area (Å²) in [4.78, 5) is 14.2. The van der Waals surface area contributed by atoms with Crippen LogP contribution in [0.4, 0.5) is 0 Å². The molecule has 0 unspecified atom stereocenters. The first-order valence-corrected chi connectivity index (χ1v) is 3.69. The van der Waals surface area contributed by atoms with Crippen LogP contribution >= 0.6 is 0 Å². The summed E-state index contributed by atoms with van der Waals surface area (Å²) < 4.78 is 1.02. The molecule has 0 aliphatic carbocycles. The number of nitrogens with zero attached hydrogens (tertiary/aromatic N) is 2. The molecule has 4 radical (unpaired) electrons. The van der Waals surface area contributed by atoms with Crippen LogP contribution in [0.1, 0.15) is 10.5 Å². The molecule has 14 heavy (non-hydrogen) atoms. The molecule has 5 nitrogen and oxygen atoms in total. The van der Waals surface area contributed by atoms with Crippen molar-refractivity contribution >= 4 is 39.8 Å². The van der Waals surface area contributed by atoms with Crippen molar-refractivity contribution in [1.82, 2.24) is 9.46 Å². The van der Waals surface area contributed by atoms with Gasteiger partial charge in [-0.3, -0.25) is 0 Å². The number of carboxylic acid groups (broad SMARTS) is 1. The van der Waals surface area contributed by atoms with Crippen molar-refractivity contribution in [3.05, 3.63) is 11.9 Å². The average Bonchev–Trinajstić information content (AvgIpc) is 2.48. The Balaban J connectivity index is 3.05. The Hall–Kier alpha value is -1.30. The Morgan fingerprint density at radius 2 is 2.36 bits per heavy atom. The maximum absolute atomic E-state index is 10.5. The molecule has 0 saturated heterocycles. The number of hydrogen-bond donors (Lipinski definition) is 2. The minimum atomic E-state index is -1.17. The molecular formula is C6H5B3N2O3. The van der Waals surface area contributed by atoms with Crippen LogP contribution in [0.15, 0.2) is 6.20 Å². The van der Waals surface area contributed by atoms with E-state index in [1.165, 1.54) is 6.92 Å². The van der Waals surface area contributed by atoms with Gasteiger partial charge in [-0.25, -0.2) is 0 Å². The van der Waals surface area contributed by atoms with E-state index in [2.05, 4.69) is 4.98 Å². The summed E-state index contributed by atoms with van der Waals surface area (Å²) in [6.07, 6.45) is 1.15. The fraction of sp³-hybridized carbons (Fsp3) is 0.167. The van der Waals surface area contributed by atoms with E-state index in [4.69, 9.17) is 26.0 Å². The molecular weight excluding hydrogens is 181 g/mol. The van der Waals surface area contributed by atoms with E-state index in [9.17, 15) is 4.79 Å². The van der Waals surface area contributed by atoms with Crippen LogP contribution in [0.3, 0.4) is 0 Å². The van der Waals surface area contributed by atoms with Gasteiger partial charge >= 0.3 is 82.8 Å². The van der Waals surface area contributed by atoms with E-state index < -0.39 is 5.97 Å². The molecule has 0 aliphatic heterocycles. The molecule has 1 aromatic rings. The van der Waals surface area contributed by atoms with E-state index in [-0.39, 0.29) is 23.4 Å². The van der Waals surface area contributed by atoms with Crippen LogP contribution in [0.25, 0.3) is 0 Å². The second-order valence-electron chi connectivity index (χ2n) is 2.57. The SMILES string of the molecule is [B]C(=Bc1nc(C(=O)O)cn1[B])CO. The third-order valence-corrected chi connectivity index (χ3v) is 1.48. The van der Waals surface area contributed by atoms with Crippen molar-refractivity contribution in [1.29, 1.82) is 0 Å². The molecule has 0 fully saturated rings. The number of carbonyl (C=O) groups is 1. The quantitative estimate of drug-likeness (QED) is 0.497. The van der Waals surface area contributed by atoms with Crippen molar-refractivity contribution in [3.63, 3.8) is 0 Å². The Bertz CT molecular complexity index is 388. The number of hydrogen-bond acceptors (Lipinski definition) is 3. The van der Waals surface area contributed by atoms with Gasteiger partial charge in [0.1, 0.15) is 0 Å². The number of aliphatic hydroxyl groups excluding tert-OH is 1. The Morgan fingerprint density at radius 1 is 1.71 bits per heavy atom. The maximum atomic E-state index is 10.5. The first kappa shape index (κ1) is 10.8. The summed E-state index contributed by atoms with van der Waals surface area (Å²) in [6, 6.07) is 0. The second kappa shape index (κ2) is 4.28. The molecule has 0 spiro atoms. The van der Waals surface area contributed by atoms with Crippen LogP contribution < -0.4 is 5.72 Å². The topological polar surface area (TPSA) is 75.3 Å². The molecule has 0 atom stereocenters. The van der Waals surface area contributed by atoms with Gasteiger partial charge in [0.15, 0.2) is 0 Å². The summed E-state index contributed by atoms with van der Waals surface area (Å²) >= 11 is 0. The van der Waals surface area contributed by atoms with Gasteiger partial charge in [0, 0.05) is 0 Å². The summed E-state index contributed by atoms with van der Waals surface area (Å²) in [7, 11) is 10.7. The van der Waals surface area contributed by atoms with Crippen molar-refractivity contribution in [2.24, 2.45) is 0 Å². The van der Waals surface area contributed by atoms with Gasteiger partial charge < -0.3 is 0 Å². The van der Waals surface area contributed by atoms with Gasteiger partial charge in [-0.2, -0.15) is 0 Å². The van der Waals surface area contributed by atoms with Gasteiger partial charge in [-0.15, -0.1) is 0 Å². The third-order valence-electron chi connectivity index (χ3n) is 1.48. The van der Waals surface area contributed by atoms with Crippen molar-refractivity contribution in [2.75, 3.05) is 6.61 Å². The predicted molar refractivity (Wildman–Crippen MR) is 53.6 cm³/mol. The van der Waals surface area contributed by atoms with Crippen molar-refractivity contribution in [3.8, 4) is 0 Å². The summed E-state index contributed by atoms with van der Waals surface area (Å²) in [5, 5.41) is 17.3. The van der Waals surface area contributed by atoms with Gasteiger partial charge in [0.2, 0.25) is 0 Å². The average molecular weight is 186 g/mol. The predicted octanol–water partition coefficient (Wildman–Crippen LogP) is -2.87. The number of aromatic nitrogens is 2. The van der Waals surface area contributed by atoms with Gasteiger partial charge in [0.05, 0.1) is 0 Å². The zero-order valence-electron chi connectivity index (χ0n) is 7.21. The zero-order chi connectivity index (χ0) is 10.7. The van der Waals surface area contributed by atoms with E-state index in [1.54, 1.807) is 0 Å². The Labute approximate surface area is 83.5 Å². The first-order valence-electron chi connectivity index (χ1n) is 3.69. The van der Waals surface area contributed by atoms with Crippen LogP contribution in [0, 0.1) is 0 Å². The summed E-state index contributed by atoms with van der Waals surface area (Å²) in [5.41, 5.74) is -0.00144. The Morgan fingerprint density at radius 3 is 2.79 bits per heavy atom.